The zero-order valence-corrected chi connectivity index (χ0v) is 13.0. The number of para-hydroxylation sites is 1. The zero-order chi connectivity index (χ0) is 15.5. The van der Waals surface area contributed by atoms with Gasteiger partial charge in [0, 0.05) is 6.20 Å². The first-order valence-electron chi connectivity index (χ1n) is 6.76. The molecule has 0 aliphatic rings. The van der Waals surface area contributed by atoms with Gasteiger partial charge in [-0.25, -0.2) is 15.0 Å². The Balaban J connectivity index is 2.21. The highest BCUT2D eigenvalue weighted by Gasteiger charge is 2.12. The number of aromatic nitrogens is 4. The number of nitrogens with one attached hydrogen (secondary N) is 1. The van der Waals surface area contributed by atoms with Crippen molar-refractivity contribution in [1.29, 1.82) is 0 Å². The Labute approximate surface area is 131 Å². The lowest BCUT2D eigenvalue weighted by molar-refractivity contribution is 0.341. The second-order valence-corrected chi connectivity index (χ2v) is 5.21. The van der Waals surface area contributed by atoms with Gasteiger partial charge in [-0.15, -0.1) is 0 Å². The number of nitrogens with zero attached hydrogens (tertiary/aromatic N) is 3. The van der Waals surface area contributed by atoms with Crippen molar-refractivity contribution >= 4 is 22.8 Å². The normalized spacial score (nSPS) is 10.8. The summed E-state index contributed by atoms with van der Waals surface area (Å²) < 4.78 is 5.59. The molecule has 0 unspecified atom stereocenters. The molecule has 2 aromatic heterocycles. The van der Waals surface area contributed by atoms with Gasteiger partial charge in [0.1, 0.15) is 17.0 Å². The van der Waals surface area contributed by atoms with E-state index in [2.05, 4.69) is 19.9 Å². The topological polar surface area (TPSA) is 80.8 Å². The van der Waals surface area contributed by atoms with E-state index < -0.39 is 0 Å². The molecule has 1 aromatic carbocycles. The van der Waals surface area contributed by atoms with Crippen molar-refractivity contribution < 1.29 is 4.74 Å². The van der Waals surface area contributed by atoms with Crippen LogP contribution in [0.25, 0.3) is 22.4 Å². The van der Waals surface area contributed by atoms with Crippen molar-refractivity contribution in [3.8, 4) is 17.1 Å². The van der Waals surface area contributed by atoms with Crippen molar-refractivity contribution in [2.45, 2.75) is 12.1 Å². The maximum atomic E-state index is 12.2. The molecule has 3 rings (SSSR count). The molecule has 7 heteroatoms. The highest BCUT2D eigenvalue weighted by molar-refractivity contribution is 7.98. The number of rotatable bonds is 4. The molecule has 1 N–H and O–H groups in total. The van der Waals surface area contributed by atoms with Crippen LogP contribution >= 0.6 is 11.8 Å². The second kappa shape index (κ2) is 6.15. The van der Waals surface area contributed by atoms with Crippen molar-refractivity contribution in [3.05, 3.63) is 40.8 Å². The van der Waals surface area contributed by atoms with Crippen LogP contribution in [0.4, 0.5) is 0 Å². The molecular weight excluding hydrogens is 300 g/mol. The van der Waals surface area contributed by atoms with Crippen LogP contribution in [0.3, 0.4) is 0 Å². The summed E-state index contributed by atoms with van der Waals surface area (Å²) in [5.74, 6) is 1.11. The van der Waals surface area contributed by atoms with E-state index in [4.69, 9.17) is 4.74 Å². The Kier molecular flexibility index (Phi) is 4.06. The third kappa shape index (κ3) is 2.67. The third-order valence-electron chi connectivity index (χ3n) is 3.07. The Morgan fingerprint density at radius 3 is 2.86 bits per heavy atom. The molecule has 22 heavy (non-hydrogen) atoms. The number of aromatic amines is 1. The predicted molar refractivity (Wildman–Crippen MR) is 86.3 cm³/mol. The lowest BCUT2D eigenvalue weighted by atomic mass is 10.2. The molecule has 0 saturated heterocycles. The van der Waals surface area contributed by atoms with E-state index in [-0.39, 0.29) is 5.56 Å². The van der Waals surface area contributed by atoms with Crippen molar-refractivity contribution in [1.82, 2.24) is 19.9 Å². The maximum absolute atomic E-state index is 12.2. The number of fused-ring (bicyclic) bond motifs is 1. The number of H-pyrrole nitrogens is 1. The number of benzene rings is 1. The maximum Gasteiger partial charge on any atom is 0.262 e. The smallest absolute Gasteiger partial charge is 0.262 e. The summed E-state index contributed by atoms with van der Waals surface area (Å²) in [6, 6.07) is 7.44. The van der Waals surface area contributed by atoms with Gasteiger partial charge >= 0.3 is 0 Å². The quantitative estimate of drug-likeness (QED) is 0.588. The average molecular weight is 314 g/mol. The molecule has 0 fully saturated rings. The lowest BCUT2D eigenvalue weighted by Crippen LogP contribution is -2.11. The summed E-state index contributed by atoms with van der Waals surface area (Å²) in [6.07, 6.45) is 3.37. The molecule has 6 nitrogen and oxygen atoms in total. The van der Waals surface area contributed by atoms with E-state index in [1.807, 2.05) is 37.4 Å². The van der Waals surface area contributed by atoms with Crippen LogP contribution in [0.15, 0.2) is 40.4 Å². The molecule has 0 atom stereocenters. The minimum absolute atomic E-state index is 0.265. The minimum Gasteiger partial charge on any atom is -0.493 e. The van der Waals surface area contributed by atoms with Crippen molar-refractivity contribution in [2.24, 2.45) is 0 Å². The van der Waals surface area contributed by atoms with Gasteiger partial charge in [-0.1, -0.05) is 23.9 Å². The fourth-order valence-electron chi connectivity index (χ4n) is 2.08. The molecule has 3 aromatic rings. The number of hydrogen-bond donors (Lipinski definition) is 1. The first-order chi connectivity index (χ1) is 10.7. The van der Waals surface area contributed by atoms with Crippen LogP contribution in [0, 0.1) is 0 Å². The van der Waals surface area contributed by atoms with Gasteiger partial charge in [-0.05, 0) is 25.3 Å². The van der Waals surface area contributed by atoms with Crippen LogP contribution in [0.2, 0.25) is 0 Å². The first-order valence-corrected chi connectivity index (χ1v) is 7.98. The molecule has 0 bridgehead atoms. The van der Waals surface area contributed by atoms with Gasteiger partial charge < -0.3 is 9.72 Å². The number of thioether (sulfide) groups is 1. The summed E-state index contributed by atoms with van der Waals surface area (Å²) in [5.41, 5.74) is 0.844. The number of hydrogen-bond acceptors (Lipinski definition) is 6. The largest absolute Gasteiger partial charge is 0.493 e. The molecule has 0 saturated carbocycles. The Hall–Kier alpha value is -2.41. The van der Waals surface area contributed by atoms with Gasteiger partial charge in [-0.2, -0.15) is 0 Å². The van der Waals surface area contributed by atoms with Gasteiger partial charge in [-0.3, -0.25) is 4.79 Å². The molecule has 0 aliphatic heterocycles. The molecule has 2 heterocycles. The molecule has 0 radical (unpaired) electrons. The SMILES string of the molecule is CCOc1ccccc1-c1nc2nc(SC)ncc2c(=O)[nH]1. The van der Waals surface area contributed by atoms with Gasteiger partial charge in [0.15, 0.2) is 10.8 Å². The summed E-state index contributed by atoms with van der Waals surface area (Å²) in [4.78, 5) is 27.8. The van der Waals surface area contributed by atoms with E-state index >= 15 is 0 Å². The summed E-state index contributed by atoms with van der Waals surface area (Å²) in [5, 5.41) is 0.949. The van der Waals surface area contributed by atoms with E-state index in [1.54, 1.807) is 0 Å². The predicted octanol–water partition coefficient (Wildman–Crippen LogP) is 2.50. The third-order valence-corrected chi connectivity index (χ3v) is 3.63. The van der Waals surface area contributed by atoms with Crippen LogP contribution in [0.1, 0.15) is 6.92 Å². The lowest BCUT2D eigenvalue weighted by Gasteiger charge is -2.09. The van der Waals surface area contributed by atoms with Gasteiger partial charge in [0.25, 0.3) is 5.56 Å². The Morgan fingerprint density at radius 1 is 1.27 bits per heavy atom. The van der Waals surface area contributed by atoms with Crippen LogP contribution < -0.4 is 10.3 Å². The minimum atomic E-state index is -0.265. The monoisotopic (exact) mass is 314 g/mol. The first kappa shape index (κ1) is 14.5. The van der Waals surface area contributed by atoms with Crippen molar-refractivity contribution in [2.75, 3.05) is 12.9 Å². The van der Waals surface area contributed by atoms with E-state index in [0.717, 1.165) is 5.56 Å². The fourth-order valence-corrected chi connectivity index (χ4v) is 2.42. The zero-order valence-electron chi connectivity index (χ0n) is 12.2. The van der Waals surface area contributed by atoms with Crippen LogP contribution in [-0.4, -0.2) is 32.8 Å². The molecule has 112 valence electrons. The average Bonchev–Trinajstić information content (AvgIpc) is 2.55. The van der Waals surface area contributed by atoms with E-state index in [1.165, 1.54) is 18.0 Å². The van der Waals surface area contributed by atoms with Crippen molar-refractivity contribution in [3.63, 3.8) is 0 Å². The highest BCUT2D eigenvalue weighted by atomic mass is 32.2. The fraction of sp³-hybridized carbons (Fsp3) is 0.200. The second-order valence-electron chi connectivity index (χ2n) is 4.44. The molecule has 0 spiro atoms. The van der Waals surface area contributed by atoms with Crippen LogP contribution in [-0.2, 0) is 0 Å². The molecule has 0 amide bonds. The van der Waals surface area contributed by atoms with Gasteiger partial charge in [0.05, 0.1) is 12.2 Å². The Morgan fingerprint density at radius 2 is 2.09 bits per heavy atom. The summed E-state index contributed by atoms with van der Waals surface area (Å²) >= 11 is 1.40. The standard InChI is InChI=1S/C15H14N4O2S/c1-3-21-11-7-5-4-6-9(11)12-17-13-10(14(20)18-12)8-16-15(19-13)22-2/h4-8H,3H2,1-2H3,(H,16,17,18,19,20). The molecular formula is C15H14N4O2S. The Bertz CT molecular complexity index is 879. The van der Waals surface area contributed by atoms with Gasteiger partial charge in [0.2, 0.25) is 0 Å². The summed E-state index contributed by atoms with van der Waals surface area (Å²) in [7, 11) is 0. The highest BCUT2D eigenvalue weighted by Crippen LogP contribution is 2.27. The summed E-state index contributed by atoms with van der Waals surface area (Å²) in [6.45, 7) is 2.44. The molecule has 0 aliphatic carbocycles. The van der Waals surface area contributed by atoms with E-state index in [9.17, 15) is 4.79 Å². The van der Waals surface area contributed by atoms with E-state index in [0.29, 0.717) is 34.4 Å². The van der Waals surface area contributed by atoms with Crippen LogP contribution in [0.5, 0.6) is 5.75 Å². The number of ether oxygens (including phenoxy) is 1.